The Morgan fingerprint density at radius 2 is 1.78 bits per heavy atom. The summed E-state index contributed by atoms with van der Waals surface area (Å²) in [6.45, 7) is 1.58. The normalized spacial score (nSPS) is 15.6. The first-order valence-corrected chi connectivity index (χ1v) is 8.66. The van der Waals surface area contributed by atoms with E-state index in [0.717, 1.165) is 29.9 Å². The first-order chi connectivity index (χ1) is 12.8. The molecule has 1 aliphatic heterocycles. The Labute approximate surface area is 163 Å². The van der Waals surface area contributed by atoms with Crippen LogP contribution in [-0.2, 0) is 10.3 Å². The fourth-order valence-electron chi connectivity index (χ4n) is 3.36. The van der Waals surface area contributed by atoms with Gasteiger partial charge in [-0.1, -0.05) is 12.1 Å². The first kappa shape index (κ1) is 19.0. The van der Waals surface area contributed by atoms with Crippen molar-refractivity contribution in [2.45, 2.75) is 18.4 Å². The molecule has 0 atom stereocenters. The van der Waals surface area contributed by atoms with E-state index in [1.807, 2.05) is 36.5 Å². The van der Waals surface area contributed by atoms with Crippen molar-refractivity contribution in [3.05, 3.63) is 61.4 Å². The van der Waals surface area contributed by atoms with Crippen molar-refractivity contribution in [3.8, 4) is 11.1 Å². The number of nitrogens with one attached hydrogen (secondary N) is 2. The van der Waals surface area contributed by atoms with Crippen LogP contribution >= 0.6 is 12.4 Å². The molecular weight excluding hydrogens is 364 g/mol. The van der Waals surface area contributed by atoms with E-state index in [9.17, 15) is 4.79 Å². The van der Waals surface area contributed by atoms with E-state index in [1.54, 1.807) is 23.3 Å². The average Bonchev–Trinajstić information content (AvgIpc) is 3.25. The molecule has 0 bridgehead atoms. The molecule has 140 valence electrons. The Hall–Kier alpha value is -2.77. The number of hydrogen-bond acceptors (Lipinski definition) is 5. The van der Waals surface area contributed by atoms with Crippen LogP contribution < -0.4 is 10.6 Å². The van der Waals surface area contributed by atoms with E-state index in [-0.39, 0.29) is 18.3 Å². The van der Waals surface area contributed by atoms with Gasteiger partial charge in [0.1, 0.15) is 11.9 Å². The lowest BCUT2D eigenvalue weighted by molar-refractivity contribution is -0.126. The van der Waals surface area contributed by atoms with Gasteiger partial charge in [-0.15, -0.1) is 12.4 Å². The van der Waals surface area contributed by atoms with Crippen molar-refractivity contribution in [2.24, 2.45) is 0 Å². The predicted octanol–water partition coefficient (Wildman–Crippen LogP) is 2.48. The largest absolute Gasteiger partial charge is 0.324 e. The molecule has 3 aromatic rings. The molecule has 1 fully saturated rings. The number of halogens is 1. The quantitative estimate of drug-likeness (QED) is 0.721. The fraction of sp³-hybridized carbons (Fsp3) is 0.263. The molecule has 27 heavy (non-hydrogen) atoms. The molecule has 1 aliphatic rings. The number of piperidine rings is 1. The Kier molecular flexibility index (Phi) is 5.83. The lowest BCUT2D eigenvalue weighted by atomic mass is 9.87. The van der Waals surface area contributed by atoms with Gasteiger partial charge in [-0.05, 0) is 49.7 Å². The summed E-state index contributed by atoms with van der Waals surface area (Å²) in [5.74, 6) is -0.0292. The van der Waals surface area contributed by atoms with E-state index >= 15 is 0 Å². The van der Waals surface area contributed by atoms with Gasteiger partial charge < -0.3 is 10.6 Å². The second-order valence-corrected chi connectivity index (χ2v) is 6.39. The van der Waals surface area contributed by atoms with Gasteiger partial charge in [0.05, 0.1) is 0 Å². The van der Waals surface area contributed by atoms with Gasteiger partial charge in [-0.25, -0.2) is 9.97 Å². The standard InChI is InChI=1S/C19H20N6O.ClH/c26-18(19(6-9-20-10-7-19)25-11-1-8-23-25)24-17-4-2-15(3-5-17)16-12-21-14-22-13-16;/h1-5,8,11-14,20H,6-7,9-10H2,(H,24,26);1H. The van der Waals surface area contributed by atoms with E-state index in [4.69, 9.17) is 0 Å². The monoisotopic (exact) mass is 384 g/mol. The van der Waals surface area contributed by atoms with Gasteiger partial charge in [0.2, 0.25) is 0 Å². The third-order valence-electron chi connectivity index (χ3n) is 4.83. The van der Waals surface area contributed by atoms with Crippen molar-refractivity contribution in [3.63, 3.8) is 0 Å². The molecule has 0 aliphatic carbocycles. The van der Waals surface area contributed by atoms with Gasteiger partial charge in [-0.2, -0.15) is 5.10 Å². The number of benzene rings is 1. The van der Waals surface area contributed by atoms with Crippen LogP contribution in [0.15, 0.2) is 61.4 Å². The summed E-state index contributed by atoms with van der Waals surface area (Å²) in [5, 5.41) is 10.7. The average molecular weight is 385 g/mol. The molecule has 7 nitrogen and oxygen atoms in total. The Morgan fingerprint density at radius 1 is 1.07 bits per heavy atom. The summed E-state index contributed by atoms with van der Waals surface area (Å²) in [5.41, 5.74) is 2.06. The van der Waals surface area contributed by atoms with Crippen molar-refractivity contribution in [1.29, 1.82) is 0 Å². The van der Waals surface area contributed by atoms with Gasteiger partial charge in [0.25, 0.3) is 5.91 Å². The Balaban J connectivity index is 0.00000210. The summed E-state index contributed by atoms with van der Waals surface area (Å²) in [7, 11) is 0. The van der Waals surface area contributed by atoms with Crippen LogP contribution in [0.3, 0.4) is 0 Å². The van der Waals surface area contributed by atoms with Crippen LogP contribution in [0.1, 0.15) is 12.8 Å². The first-order valence-electron chi connectivity index (χ1n) is 8.66. The molecule has 1 amide bonds. The van der Waals surface area contributed by atoms with Crippen LogP contribution in [0.5, 0.6) is 0 Å². The highest BCUT2D eigenvalue weighted by molar-refractivity contribution is 5.97. The van der Waals surface area contributed by atoms with E-state index < -0.39 is 5.54 Å². The molecular formula is C19H21ClN6O. The zero-order valence-corrected chi connectivity index (χ0v) is 15.5. The highest BCUT2D eigenvalue weighted by Gasteiger charge is 2.42. The molecule has 2 aromatic heterocycles. The van der Waals surface area contributed by atoms with E-state index in [1.165, 1.54) is 6.33 Å². The van der Waals surface area contributed by atoms with Crippen molar-refractivity contribution in [1.82, 2.24) is 25.1 Å². The van der Waals surface area contributed by atoms with Gasteiger partial charge >= 0.3 is 0 Å². The minimum Gasteiger partial charge on any atom is -0.324 e. The minimum absolute atomic E-state index is 0. The highest BCUT2D eigenvalue weighted by atomic mass is 35.5. The summed E-state index contributed by atoms with van der Waals surface area (Å²) in [6.07, 6.45) is 10.0. The van der Waals surface area contributed by atoms with E-state index in [0.29, 0.717) is 12.8 Å². The van der Waals surface area contributed by atoms with Crippen LogP contribution in [0, 0.1) is 0 Å². The molecule has 4 rings (SSSR count). The molecule has 1 saturated heterocycles. The van der Waals surface area contributed by atoms with Crippen LogP contribution in [0.25, 0.3) is 11.1 Å². The molecule has 0 radical (unpaired) electrons. The van der Waals surface area contributed by atoms with Crippen LogP contribution in [0.2, 0.25) is 0 Å². The molecule has 8 heteroatoms. The third kappa shape index (κ3) is 3.84. The molecule has 0 unspecified atom stereocenters. The molecule has 3 heterocycles. The van der Waals surface area contributed by atoms with Crippen LogP contribution in [0.4, 0.5) is 5.69 Å². The van der Waals surface area contributed by atoms with Crippen LogP contribution in [-0.4, -0.2) is 38.7 Å². The molecule has 2 N–H and O–H groups in total. The Bertz CT molecular complexity index is 861. The van der Waals surface area contributed by atoms with Gasteiger partial charge in [-0.3, -0.25) is 9.48 Å². The van der Waals surface area contributed by atoms with Gasteiger partial charge in [0.15, 0.2) is 0 Å². The third-order valence-corrected chi connectivity index (χ3v) is 4.83. The summed E-state index contributed by atoms with van der Waals surface area (Å²) >= 11 is 0. The number of anilines is 1. The predicted molar refractivity (Wildman–Crippen MR) is 106 cm³/mol. The highest BCUT2D eigenvalue weighted by Crippen LogP contribution is 2.29. The number of nitrogens with zero attached hydrogens (tertiary/aromatic N) is 4. The van der Waals surface area contributed by atoms with Gasteiger partial charge in [0, 0.05) is 36.0 Å². The van der Waals surface area contributed by atoms with Crippen molar-refractivity contribution in [2.75, 3.05) is 18.4 Å². The maximum atomic E-state index is 13.1. The van der Waals surface area contributed by atoms with Crippen molar-refractivity contribution >= 4 is 24.0 Å². The number of carbonyl (C=O) groups excluding carboxylic acids is 1. The maximum absolute atomic E-state index is 13.1. The lowest BCUT2D eigenvalue weighted by Crippen LogP contribution is -2.52. The zero-order valence-electron chi connectivity index (χ0n) is 14.7. The number of amides is 1. The number of hydrogen-bond donors (Lipinski definition) is 2. The smallest absolute Gasteiger partial charge is 0.252 e. The number of rotatable bonds is 4. The van der Waals surface area contributed by atoms with Crippen molar-refractivity contribution < 1.29 is 4.79 Å². The summed E-state index contributed by atoms with van der Waals surface area (Å²) in [6, 6.07) is 9.57. The zero-order chi connectivity index (χ0) is 17.8. The molecule has 0 spiro atoms. The minimum atomic E-state index is -0.652. The second kappa shape index (κ2) is 8.28. The number of aromatic nitrogens is 4. The second-order valence-electron chi connectivity index (χ2n) is 6.39. The fourth-order valence-corrected chi connectivity index (χ4v) is 3.36. The lowest BCUT2D eigenvalue weighted by Gasteiger charge is -2.36. The number of carbonyl (C=O) groups is 1. The summed E-state index contributed by atoms with van der Waals surface area (Å²) in [4.78, 5) is 21.2. The molecule has 0 saturated carbocycles. The SMILES string of the molecule is Cl.O=C(Nc1ccc(-c2cncnc2)cc1)C1(n2cccn2)CCNCC1. The topological polar surface area (TPSA) is 84.7 Å². The molecule has 1 aromatic carbocycles. The van der Waals surface area contributed by atoms with E-state index in [2.05, 4.69) is 25.7 Å². The summed E-state index contributed by atoms with van der Waals surface area (Å²) < 4.78 is 1.79. The Morgan fingerprint density at radius 3 is 2.41 bits per heavy atom. The maximum Gasteiger partial charge on any atom is 0.252 e.